The van der Waals surface area contributed by atoms with Gasteiger partial charge in [-0.3, -0.25) is 4.99 Å². The zero-order valence-electron chi connectivity index (χ0n) is 11.5. The van der Waals surface area contributed by atoms with Gasteiger partial charge in [0.05, 0.1) is 36.2 Å². The van der Waals surface area contributed by atoms with Crippen LogP contribution in [0.1, 0.15) is 16.8 Å². The second kappa shape index (κ2) is 5.18. The molecule has 0 atom stereocenters. The van der Waals surface area contributed by atoms with Crippen molar-refractivity contribution in [1.29, 1.82) is 0 Å². The van der Waals surface area contributed by atoms with Gasteiger partial charge in [-0.2, -0.15) is 0 Å². The number of aliphatic imine (C=N–C) groups is 1. The van der Waals surface area contributed by atoms with Gasteiger partial charge in [0, 0.05) is 15.6 Å². The minimum atomic E-state index is -0.276. The Labute approximate surface area is 135 Å². The Morgan fingerprint density at radius 1 is 1.09 bits per heavy atom. The molecule has 1 aromatic heterocycles. The molecule has 0 radical (unpaired) electrons. The quantitative estimate of drug-likeness (QED) is 0.645. The molecule has 4 rings (SSSR count). The van der Waals surface area contributed by atoms with E-state index in [9.17, 15) is 4.39 Å². The van der Waals surface area contributed by atoms with Crippen LogP contribution in [0.3, 0.4) is 0 Å². The Morgan fingerprint density at radius 3 is 2.82 bits per heavy atom. The van der Waals surface area contributed by atoms with Gasteiger partial charge in [-0.25, -0.2) is 9.37 Å². The van der Waals surface area contributed by atoms with Crippen molar-refractivity contribution in [3.8, 4) is 5.69 Å². The molecular formula is C17H11BrFN3. The van der Waals surface area contributed by atoms with Crippen LogP contribution in [0.25, 0.3) is 5.69 Å². The van der Waals surface area contributed by atoms with Crippen LogP contribution in [0.4, 0.5) is 4.39 Å². The number of fused-ring (bicyclic) bond motifs is 3. The van der Waals surface area contributed by atoms with Gasteiger partial charge in [0.2, 0.25) is 0 Å². The van der Waals surface area contributed by atoms with Gasteiger partial charge in [-0.15, -0.1) is 0 Å². The first kappa shape index (κ1) is 13.4. The van der Waals surface area contributed by atoms with E-state index in [2.05, 4.69) is 20.9 Å². The Bertz CT molecular complexity index is 898. The van der Waals surface area contributed by atoms with Crippen LogP contribution >= 0.6 is 15.9 Å². The molecule has 0 unspecified atom stereocenters. The number of nitrogens with zero attached hydrogens (tertiary/aromatic N) is 3. The van der Waals surface area contributed by atoms with E-state index in [1.807, 2.05) is 28.8 Å². The van der Waals surface area contributed by atoms with Gasteiger partial charge >= 0.3 is 0 Å². The van der Waals surface area contributed by atoms with Crippen molar-refractivity contribution in [1.82, 2.24) is 9.55 Å². The summed E-state index contributed by atoms with van der Waals surface area (Å²) in [6.45, 7) is 0.507. The molecule has 0 N–H and O–H groups in total. The van der Waals surface area contributed by atoms with Crippen molar-refractivity contribution in [2.24, 2.45) is 4.99 Å². The lowest BCUT2D eigenvalue weighted by atomic mass is 10.0. The summed E-state index contributed by atoms with van der Waals surface area (Å²) < 4.78 is 16.7. The standard InChI is InChI=1S/C17H11BrFN3/c18-15-4-2-1-3-13(15)17-14-7-11(19)5-6-16(14)22-10-20-8-12(22)9-21-17/h1-8,10H,9H2. The second-order valence-electron chi connectivity index (χ2n) is 5.06. The second-order valence-corrected chi connectivity index (χ2v) is 5.92. The van der Waals surface area contributed by atoms with E-state index in [4.69, 9.17) is 4.99 Å². The third kappa shape index (κ3) is 2.09. The van der Waals surface area contributed by atoms with Crippen molar-refractivity contribution < 1.29 is 4.39 Å². The lowest BCUT2D eigenvalue weighted by Gasteiger charge is -2.12. The number of rotatable bonds is 1. The summed E-state index contributed by atoms with van der Waals surface area (Å²) in [5.74, 6) is -0.276. The highest BCUT2D eigenvalue weighted by Gasteiger charge is 2.20. The lowest BCUT2D eigenvalue weighted by Crippen LogP contribution is -2.08. The highest BCUT2D eigenvalue weighted by molar-refractivity contribution is 9.10. The molecule has 108 valence electrons. The Hall–Kier alpha value is -2.27. The average molecular weight is 356 g/mol. The topological polar surface area (TPSA) is 30.2 Å². The van der Waals surface area contributed by atoms with Crippen molar-refractivity contribution in [2.45, 2.75) is 6.54 Å². The highest BCUT2D eigenvalue weighted by Crippen LogP contribution is 2.28. The molecule has 1 aliphatic rings. The number of imidazole rings is 1. The summed E-state index contributed by atoms with van der Waals surface area (Å²) in [5.41, 5.74) is 4.37. The molecule has 1 aliphatic heterocycles. The van der Waals surface area contributed by atoms with Crippen LogP contribution in [-0.2, 0) is 6.54 Å². The van der Waals surface area contributed by atoms with Crippen molar-refractivity contribution in [3.05, 3.63) is 82.1 Å². The normalized spacial score (nSPS) is 13.1. The molecule has 0 saturated heterocycles. The van der Waals surface area contributed by atoms with Gasteiger partial charge in [0.25, 0.3) is 0 Å². The maximum Gasteiger partial charge on any atom is 0.124 e. The summed E-state index contributed by atoms with van der Waals surface area (Å²) in [5, 5.41) is 0. The molecule has 0 bridgehead atoms. The third-order valence-corrected chi connectivity index (χ3v) is 4.41. The van der Waals surface area contributed by atoms with Gasteiger partial charge in [0.15, 0.2) is 0 Å². The molecule has 0 spiro atoms. The zero-order valence-corrected chi connectivity index (χ0v) is 13.1. The molecule has 0 aliphatic carbocycles. The molecular weight excluding hydrogens is 345 g/mol. The first-order valence-electron chi connectivity index (χ1n) is 6.85. The monoisotopic (exact) mass is 355 g/mol. The minimum Gasteiger partial charge on any atom is -0.301 e. The first-order valence-corrected chi connectivity index (χ1v) is 7.64. The predicted octanol–water partition coefficient (Wildman–Crippen LogP) is 4.12. The summed E-state index contributed by atoms with van der Waals surface area (Å²) in [6, 6.07) is 12.6. The molecule has 2 heterocycles. The Balaban J connectivity index is 2.01. The zero-order chi connectivity index (χ0) is 15.1. The highest BCUT2D eigenvalue weighted by atomic mass is 79.9. The van der Waals surface area contributed by atoms with Crippen molar-refractivity contribution in [2.75, 3.05) is 0 Å². The number of halogens is 2. The number of hydrogen-bond donors (Lipinski definition) is 0. The average Bonchev–Trinajstić information content (AvgIpc) is 2.92. The van der Waals surface area contributed by atoms with Gasteiger partial charge < -0.3 is 4.57 Å². The van der Waals surface area contributed by atoms with Gasteiger partial charge in [-0.1, -0.05) is 34.1 Å². The largest absolute Gasteiger partial charge is 0.301 e. The fraction of sp³-hybridized carbons (Fsp3) is 0.0588. The van der Waals surface area contributed by atoms with Gasteiger partial charge in [-0.05, 0) is 24.3 Å². The van der Waals surface area contributed by atoms with Crippen LogP contribution in [0.15, 0.2) is 64.5 Å². The number of hydrogen-bond acceptors (Lipinski definition) is 2. The van der Waals surface area contributed by atoms with Crippen LogP contribution in [-0.4, -0.2) is 15.3 Å². The van der Waals surface area contributed by atoms with E-state index in [-0.39, 0.29) is 5.82 Å². The summed E-state index contributed by atoms with van der Waals surface area (Å²) >= 11 is 3.56. The molecule has 0 fully saturated rings. The molecule has 0 saturated carbocycles. The fourth-order valence-corrected chi connectivity index (χ4v) is 3.17. The maximum absolute atomic E-state index is 13.8. The van der Waals surface area contributed by atoms with E-state index >= 15 is 0 Å². The van der Waals surface area contributed by atoms with E-state index in [0.717, 1.165) is 32.7 Å². The van der Waals surface area contributed by atoms with E-state index in [0.29, 0.717) is 6.54 Å². The smallest absolute Gasteiger partial charge is 0.124 e. The van der Waals surface area contributed by atoms with Crippen molar-refractivity contribution >= 4 is 21.6 Å². The molecule has 5 heteroatoms. The lowest BCUT2D eigenvalue weighted by molar-refractivity contribution is 0.627. The SMILES string of the molecule is Fc1ccc2c(c1)C(c1ccccc1Br)=NCc1cncn1-2. The van der Waals surface area contributed by atoms with Gasteiger partial charge in [0.1, 0.15) is 5.82 Å². The molecule has 2 aromatic carbocycles. The molecule has 22 heavy (non-hydrogen) atoms. The van der Waals surface area contributed by atoms with Crippen LogP contribution < -0.4 is 0 Å². The number of benzene rings is 2. The summed E-state index contributed by atoms with van der Waals surface area (Å²) in [6.07, 6.45) is 3.53. The third-order valence-electron chi connectivity index (χ3n) is 3.72. The fourth-order valence-electron chi connectivity index (χ4n) is 2.69. The number of aromatic nitrogens is 2. The predicted molar refractivity (Wildman–Crippen MR) is 87.0 cm³/mol. The van der Waals surface area contributed by atoms with E-state index in [1.54, 1.807) is 18.6 Å². The Morgan fingerprint density at radius 2 is 1.95 bits per heavy atom. The van der Waals surface area contributed by atoms with Crippen molar-refractivity contribution in [3.63, 3.8) is 0 Å². The van der Waals surface area contributed by atoms with Crippen LogP contribution in [0, 0.1) is 5.82 Å². The maximum atomic E-state index is 13.8. The van der Waals surface area contributed by atoms with E-state index in [1.165, 1.54) is 12.1 Å². The molecule has 3 aromatic rings. The van der Waals surface area contributed by atoms with E-state index < -0.39 is 0 Å². The summed E-state index contributed by atoms with van der Waals surface area (Å²) in [7, 11) is 0. The summed E-state index contributed by atoms with van der Waals surface area (Å²) in [4.78, 5) is 8.88. The molecule has 0 amide bonds. The Kier molecular flexibility index (Phi) is 3.15. The van der Waals surface area contributed by atoms with Crippen LogP contribution in [0.5, 0.6) is 0 Å². The first-order chi connectivity index (χ1) is 10.7. The van der Waals surface area contributed by atoms with Crippen LogP contribution in [0.2, 0.25) is 0 Å². The minimum absolute atomic E-state index is 0.276. The molecule has 3 nitrogen and oxygen atoms in total.